The van der Waals surface area contributed by atoms with Crippen LogP contribution >= 0.6 is 0 Å². The van der Waals surface area contributed by atoms with Crippen LogP contribution in [0.4, 0.5) is 0 Å². The van der Waals surface area contributed by atoms with Crippen molar-refractivity contribution in [2.45, 2.75) is 85.4 Å². The van der Waals surface area contributed by atoms with Crippen molar-refractivity contribution in [3.63, 3.8) is 0 Å². The van der Waals surface area contributed by atoms with Gasteiger partial charge < -0.3 is 20.7 Å². The van der Waals surface area contributed by atoms with Gasteiger partial charge in [-0.15, -0.1) is 0 Å². The number of amides is 3. The molecule has 0 aliphatic rings. The monoisotopic (exact) mass is 459 g/mol. The molecular formula is C26H41N3O4. The van der Waals surface area contributed by atoms with Crippen molar-refractivity contribution >= 4 is 24.0 Å². The first-order valence-electron chi connectivity index (χ1n) is 11.9. The van der Waals surface area contributed by atoms with E-state index in [0.717, 1.165) is 11.8 Å². The average molecular weight is 460 g/mol. The van der Waals surface area contributed by atoms with E-state index in [1.165, 1.54) is 0 Å². The van der Waals surface area contributed by atoms with E-state index in [9.17, 15) is 19.2 Å². The third kappa shape index (κ3) is 11.6. The van der Waals surface area contributed by atoms with Crippen LogP contribution in [0.2, 0.25) is 0 Å². The minimum Gasteiger partial charge on any atom is -0.345 e. The van der Waals surface area contributed by atoms with Gasteiger partial charge in [0.25, 0.3) is 0 Å². The maximum atomic E-state index is 13.1. The van der Waals surface area contributed by atoms with Gasteiger partial charge in [0, 0.05) is 0 Å². The highest BCUT2D eigenvalue weighted by molar-refractivity contribution is 5.93. The molecule has 0 fully saturated rings. The smallest absolute Gasteiger partial charge is 0.243 e. The molecule has 0 spiro atoms. The Kier molecular flexibility index (Phi) is 12.4. The second-order valence-electron chi connectivity index (χ2n) is 9.98. The van der Waals surface area contributed by atoms with Crippen molar-refractivity contribution < 1.29 is 19.2 Å². The van der Waals surface area contributed by atoms with E-state index < -0.39 is 24.0 Å². The second-order valence-corrected chi connectivity index (χ2v) is 9.98. The van der Waals surface area contributed by atoms with Crippen molar-refractivity contribution in [2.24, 2.45) is 17.8 Å². The second kappa shape index (κ2) is 14.4. The van der Waals surface area contributed by atoms with Crippen LogP contribution in [0.1, 0.15) is 66.4 Å². The largest absolute Gasteiger partial charge is 0.345 e. The maximum absolute atomic E-state index is 13.1. The molecule has 0 heterocycles. The summed E-state index contributed by atoms with van der Waals surface area (Å²) in [5, 5.41) is 8.41. The van der Waals surface area contributed by atoms with Gasteiger partial charge in [0.05, 0.1) is 12.5 Å². The van der Waals surface area contributed by atoms with Gasteiger partial charge in [-0.3, -0.25) is 14.4 Å². The first kappa shape index (κ1) is 28.3. The van der Waals surface area contributed by atoms with Gasteiger partial charge in [0.1, 0.15) is 18.4 Å². The first-order valence-corrected chi connectivity index (χ1v) is 11.9. The van der Waals surface area contributed by atoms with Gasteiger partial charge in [0.15, 0.2) is 0 Å². The van der Waals surface area contributed by atoms with Crippen LogP contribution in [0.3, 0.4) is 0 Å². The van der Waals surface area contributed by atoms with Crippen LogP contribution < -0.4 is 16.0 Å². The Morgan fingerprint density at radius 1 is 0.727 bits per heavy atom. The number of benzene rings is 1. The minimum atomic E-state index is -0.784. The third-order valence-corrected chi connectivity index (χ3v) is 5.12. The Labute approximate surface area is 198 Å². The summed E-state index contributed by atoms with van der Waals surface area (Å²) in [7, 11) is 0. The summed E-state index contributed by atoms with van der Waals surface area (Å²) in [5.41, 5.74) is 0.862. The summed E-state index contributed by atoms with van der Waals surface area (Å²) >= 11 is 0. The predicted octanol–water partition coefficient (Wildman–Crippen LogP) is 3.02. The summed E-state index contributed by atoms with van der Waals surface area (Å²) in [6.07, 6.45) is 2.32. The molecule has 0 radical (unpaired) electrons. The summed E-state index contributed by atoms with van der Waals surface area (Å²) < 4.78 is 0. The quantitative estimate of drug-likeness (QED) is 0.372. The number of hydrogen-bond acceptors (Lipinski definition) is 4. The molecule has 0 saturated carbocycles. The SMILES string of the molecule is CC(C)C[C@@H](C=O)NC(=O)[C@H](CC(C)C)NC(=O)[C@H](CC(C)C)NC(=O)Cc1ccccc1. The fourth-order valence-corrected chi connectivity index (χ4v) is 3.64. The highest BCUT2D eigenvalue weighted by Crippen LogP contribution is 2.11. The maximum Gasteiger partial charge on any atom is 0.243 e. The number of carbonyl (C=O) groups excluding carboxylic acids is 4. The molecule has 1 aromatic rings. The van der Waals surface area contributed by atoms with Crippen LogP contribution in [0.5, 0.6) is 0 Å². The molecule has 0 bridgehead atoms. The predicted molar refractivity (Wildman–Crippen MR) is 130 cm³/mol. The number of aldehydes is 1. The third-order valence-electron chi connectivity index (χ3n) is 5.12. The summed E-state index contributed by atoms with van der Waals surface area (Å²) in [6, 6.07) is 7.20. The summed E-state index contributed by atoms with van der Waals surface area (Å²) in [5.74, 6) is -0.456. The summed E-state index contributed by atoms with van der Waals surface area (Å²) in [6.45, 7) is 11.8. The fourth-order valence-electron chi connectivity index (χ4n) is 3.64. The van der Waals surface area contributed by atoms with E-state index in [2.05, 4.69) is 16.0 Å². The van der Waals surface area contributed by atoms with Gasteiger partial charge in [-0.25, -0.2) is 0 Å². The van der Waals surface area contributed by atoms with Gasteiger partial charge in [-0.1, -0.05) is 71.9 Å². The van der Waals surface area contributed by atoms with E-state index >= 15 is 0 Å². The van der Waals surface area contributed by atoms with E-state index in [1.807, 2.05) is 71.9 Å². The average Bonchev–Trinajstić information content (AvgIpc) is 2.71. The topological polar surface area (TPSA) is 104 Å². The lowest BCUT2D eigenvalue weighted by molar-refractivity contribution is -0.133. The first-order chi connectivity index (χ1) is 15.5. The Hall–Kier alpha value is -2.70. The highest BCUT2D eigenvalue weighted by atomic mass is 16.2. The van der Waals surface area contributed by atoms with Crippen molar-refractivity contribution in [1.29, 1.82) is 0 Å². The van der Waals surface area contributed by atoms with Crippen LogP contribution in [0, 0.1) is 17.8 Å². The number of hydrogen-bond donors (Lipinski definition) is 3. The lowest BCUT2D eigenvalue weighted by Crippen LogP contribution is -2.55. The van der Waals surface area contributed by atoms with Crippen LogP contribution in [-0.2, 0) is 25.6 Å². The molecule has 0 saturated heterocycles. The molecule has 3 atom stereocenters. The van der Waals surface area contributed by atoms with Crippen molar-refractivity contribution in [3.8, 4) is 0 Å². The number of rotatable bonds is 14. The Morgan fingerprint density at radius 2 is 1.21 bits per heavy atom. The molecule has 0 aromatic heterocycles. The lowest BCUT2D eigenvalue weighted by Gasteiger charge is -2.26. The fraction of sp³-hybridized carbons (Fsp3) is 0.615. The van der Waals surface area contributed by atoms with E-state index in [-0.39, 0.29) is 36.0 Å². The minimum absolute atomic E-state index is 0.150. The zero-order valence-electron chi connectivity index (χ0n) is 20.9. The van der Waals surface area contributed by atoms with Crippen molar-refractivity contribution in [2.75, 3.05) is 0 Å². The number of carbonyl (C=O) groups is 4. The molecule has 3 amide bonds. The molecule has 0 aliphatic heterocycles. The van der Waals surface area contributed by atoms with Gasteiger partial charge in [-0.2, -0.15) is 0 Å². The molecule has 3 N–H and O–H groups in total. The van der Waals surface area contributed by atoms with Gasteiger partial charge in [0.2, 0.25) is 17.7 Å². The molecular weight excluding hydrogens is 418 g/mol. The van der Waals surface area contributed by atoms with Crippen molar-refractivity contribution in [3.05, 3.63) is 35.9 Å². The molecule has 7 nitrogen and oxygen atoms in total. The lowest BCUT2D eigenvalue weighted by atomic mass is 9.99. The zero-order valence-corrected chi connectivity index (χ0v) is 20.9. The van der Waals surface area contributed by atoms with E-state index in [4.69, 9.17) is 0 Å². The zero-order chi connectivity index (χ0) is 25.0. The van der Waals surface area contributed by atoms with Gasteiger partial charge >= 0.3 is 0 Å². The molecule has 7 heteroatoms. The highest BCUT2D eigenvalue weighted by Gasteiger charge is 2.29. The van der Waals surface area contributed by atoms with Crippen LogP contribution in [0.15, 0.2) is 30.3 Å². The van der Waals surface area contributed by atoms with Crippen molar-refractivity contribution in [1.82, 2.24) is 16.0 Å². The molecule has 0 unspecified atom stereocenters. The van der Waals surface area contributed by atoms with E-state index in [0.29, 0.717) is 19.3 Å². The van der Waals surface area contributed by atoms with Gasteiger partial charge in [-0.05, 0) is 42.6 Å². The Morgan fingerprint density at radius 3 is 1.70 bits per heavy atom. The van der Waals surface area contributed by atoms with Crippen LogP contribution in [-0.4, -0.2) is 42.1 Å². The standard InChI is InChI=1S/C26H41N3O4/c1-17(2)12-21(16-30)27-25(32)23(14-19(5)6)29-26(33)22(13-18(3)4)28-24(31)15-20-10-8-7-9-11-20/h7-11,16-19,21-23H,12-15H2,1-6H3,(H,27,32)(H,28,31)(H,29,33)/t21-,22-,23-/m0/s1. The normalized spacial score (nSPS) is 14.0. The molecule has 1 rings (SSSR count). The van der Waals surface area contributed by atoms with E-state index in [1.54, 1.807) is 0 Å². The Balaban J connectivity index is 2.90. The number of nitrogens with one attached hydrogen (secondary N) is 3. The Bertz CT molecular complexity index is 762. The molecule has 184 valence electrons. The molecule has 33 heavy (non-hydrogen) atoms. The molecule has 1 aromatic carbocycles. The molecule has 0 aliphatic carbocycles. The van der Waals surface area contributed by atoms with Crippen LogP contribution in [0.25, 0.3) is 0 Å². The summed E-state index contributed by atoms with van der Waals surface area (Å²) in [4.78, 5) is 50.0.